The van der Waals surface area contributed by atoms with Crippen LogP contribution in [0.15, 0.2) is 29.2 Å². The zero-order chi connectivity index (χ0) is 14.6. The second-order valence-corrected chi connectivity index (χ2v) is 7.80. The number of nitrogens with zero attached hydrogens (tertiary/aromatic N) is 1. The monoisotopic (exact) mass is 296 g/mol. The predicted molar refractivity (Wildman–Crippen MR) is 81.2 cm³/mol. The topological polar surface area (TPSA) is 63.4 Å². The van der Waals surface area contributed by atoms with E-state index in [1.54, 1.807) is 24.3 Å². The van der Waals surface area contributed by atoms with E-state index < -0.39 is 9.84 Å². The Morgan fingerprint density at radius 1 is 1.20 bits per heavy atom. The fourth-order valence-electron chi connectivity index (χ4n) is 2.49. The standard InChI is InChI=1S/C15H24N2O2S/c1-13-6-8-17(9-7-13)10-11-20(18,19)15-4-2-14(12-16)3-5-15/h2-5,13H,6-12,16H2,1H3. The highest BCUT2D eigenvalue weighted by Gasteiger charge is 2.19. The van der Waals surface area contributed by atoms with Crippen LogP contribution in [0.2, 0.25) is 0 Å². The largest absolute Gasteiger partial charge is 0.326 e. The Hall–Kier alpha value is -0.910. The first-order valence-electron chi connectivity index (χ1n) is 7.25. The van der Waals surface area contributed by atoms with Crippen LogP contribution in [0.25, 0.3) is 0 Å². The molecule has 0 bridgehead atoms. The average molecular weight is 296 g/mol. The van der Waals surface area contributed by atoms with Gasteiger partial charge in [-0.05, 0) is 49.5 Å². The molecule has 2 N–H and O–H groups in total. The highest BCUT2D eigenvalue weighted by atomic mass is 32.2. The van der Waals surface area contributed by atoms with Crippen LogP contribution in [-0.4, -0.2) is 38.7 Å². The third-order valence-electron chi connectivity index (χ3n) is 4.07. The predicted octanol–water partition coefficient (Wildman–Crippen LogP) is 1.65. The lowest BCUT2D eigenvalue weighted by atomic mass is 9.99. The van der Waals surface area contributed by atoms with Gasteiger partial charge in [0.15, 0.2) is 9.84 Å². The van der Waals surface area contributed by atoms with Gasteiger partial charge in [0.1, 0.15) is 0 Å². The minimum Gasteiger partial charge on any atom is -0.326 e. The third kappa shape index (κ3) is 4.04. The molecule has 4 nitrogen and oxygen atoms in total. The second kappa shape index (κ2) is 6.70. The quantitative estimate of drug-likeness (QED) is 0.897. The van der Waals surface area contributed by atoms with Crippen LogP contribution in [0.4, 0.5) is 0 Å². The molecular formula is C15H24N2O2S. The van der Waals surface area contributed by atoms with Gasteiger partial charge in [-0.1, -0.05) is 19.1 Å². The molecule has 1 fully saturated rings. The number of rotatable bonds is 5. The first-order valence-corrected chi connectivity index (χ1v) is 8.90. The first kappa shape index (κ1) is 15.5. The van der Waals surface area contributed by atoms with Crippen LogP contribution >= 0.6 is 0 Å². The summed E-state index contributed by atoms with van der Waals surface area (Å²) in [4.78, 5) is 2.66. The minimum absolute atomic E-state index is 0.198. The fourth-order valence-corrected chi connectivity index (χ4v) is 3.77. The van der Waals surface area contributed by atoms with Crippen molar-refractivity contribution in [2.45, 2.75) is 31.2 Å². The lowest BCUT2D eigenvalue weighted by Gasteiger charge is -2.29. The molecule has 0 unspecified atom stereocenters. The Morgan fingerprint density at radius 3 is 2.35 bits per heavy atom. The number of likely N-dealkylation sites (tertiary alicyclic amines) is 1. The molecule has 1 aromatic carbocycles. The molecule has 1 aliphatic heterocycles. The van der Waals surface area contributed by atoms with Crippen LogP contribution < -0.4 is 5.73 Å². The van der Waals surface area contributed by atoms with E-state index in [-0.39, 0.29) is 5.75 Å². The Kier molecular flexibility index (Phi) is 5.18. The number of hydrogen-bond donors (Lipinski definition) is 1. The molecule has 0 atom stereocenters. The molecule has 1 aliphatic rings. The molecule has 112 valence electrons. The lowest BCUT2D eigenvalue weighted by Crippen LogP contribution is -2.36. The van der Waals surface area contributed by atoms with Gasteiger partial charge in [0.25, 0.3) is 0 Å². The summed E-state index contributed by atoms with van der Waals surface area (Å²) < 4.78 is 24.6. The zero-order valence-corrected chi connectivity index (χ0v) is 12.9. The molecule has 1 heterocycles. The van der Waals surface area contributed by atoms with Gasteiger partial charge < -0.3 is 10.6 Å². The third-order valence-corrected chi connectivity index (χ3v) is 5.78. The highest BCUT2D eigenvalue weighted by Crippen LogP contribution is 2.17. The molecule has 20 heavy (non-hydrogen) atoms. The van der Waals surface area contributed by atoms with Crippen molar-refractivity contribution < 1.29 is 8.42 Å². The average Bonchev–Trinajstić information content (AvgIpc) is 2.47. The van der Waals surface area contributed by atoms with Crippen molar-refractivity contribution in [2.75, 3.05) is 25.4 Å². The van der Waals surface area contributed by atoms with Gasteiger partial charge in [-0.2, -0.15) is 0 Å². The van der Waals surface area contributed by atoms with Gasteiger partial charge in [-0.25, -0.2) is 8.42 Å². The van der Waals surface area contributed by atoms with Crippen molar-refractivity contribution in [2.24, 2.45) is 11.7 Å². The fraction of sp³-hybridized carbons (Fsp3) is 0.600. The normalized spacial score (nSPS) is 18.3. The van der Waals surface area contributed by atoms with Gasteiger partial charge >= 0.3 is 0 Å². The van der Waals surface area contributed by atoms with Gasteiger partial charge in [0.2, 0.25) is 0 Å². The molecule has 0 radical (unpaired) electrons. The Bertz CT molecular complexity index is 517. The summed E-state index contributed by atoms with van der Waals surface area (Å²) in [5.74, 6) is 0.968. The maximum absolute atomic E-state index is 12.3. The van der Waals surface area contributed by atoms with Crippen molar-refractivity contribution in [3.8, 4) is 0 Å². The molecule has 0 aromatic heterocycles. The summed E-state index contributed by atoms with van der Waals surface area (Å²) in [6, 6.07) is 6.90. The van der Waals surface area contributed by atoms with Crippen LogP contribution in [0.5, 0.6) is 0 Å². The summed E-state index contributed by atoms with van der Waals surface area (Å²) in [6.07, 6.45) is 2.34. The van der Waals surface area contributed by atoms with E-state index in [1.807, 2.05) is 0 Å². The Morgan fingerprint density at radius 2 is 1.80 bits per heavy atom. The SMILES string of the molecule is CC1CCN(CCS(=O)(=O)c2ccc(CN)cc2)CC1. The summed E-state index contributed by atoms with van der Waals surface area (Å²) >= 11 is 0. The summed E-state index contributed by atoms with van der Waals surface area (Å²) in [7, 11) is -3.18. The molecule has 0 amide bonds. The van der Waals surface area contributed by atoms with Crippen molar-refractivity contribution in [3.63, 3.8) is 0 Å². The number of sulfone groups is 1. The van der Waals surface area contributed by atoms with Crippen LogP contribution in [0.3, 0.4) is 0 Å². The molecule has 1 aromatic rings. The van der Waals surface area contributed by atoms with Crippen LogP contribution in [0.1, 0.15) is 25.3 Å². The van der Waals surface area contributed by atoms with Crippen LogP contribution in [-0.2, 0) is 16.4 Å². The van der Waals surface area contributed by atoms with Gasteiger partial charge in [0, 0.05) is 13.1 Å². The smallest absolute Gasteiger partial charge is 0.179 e. The van der Waals surface area contributed by atoms with E-state index >= 15 is 0 Å². The first-order chi connectivity index (χ1) is 9.51. The van der Waals surface area contributed by atoms with Crippen molar-refractivity contribution in [3.05, 3.63) is 29.8 Å². The van der Waals surface area contributed by atoms with Gasteiger partial charge in [0.05, 0.1) is 10.6 Å². The number of benzene rings is 1. The highest BCUT2D eigenvalue weighted by molar-refractivity contribution is 7.91. The lowest BCUT2D eigenvalue weighted by molar-refractivity contribution is 0.202. The minimum atomic E-state index is -3.18. The van der Waals surface area contributed by atoms with E-state index in [0.717, 1.165) is 24.6 Å². The number of nitrogens with two attached hydrogens (primary N) is 1. The van der Waals surface area contributed by atoms with Crippen LogP contribution in [0, 0.1) is 5.92 Å². The number of piperidine rings is 1. The van der Waals surface area contributed by atoms with Crippen molar-refractivity contribution >= 4 is 9.84 Å². The zero-order valence-electron chi connectivity index (χ0n) is 12.1. The summed E-state index contributed by atoms with van der Waals surface area (Å²) in [5, 5.41) is 0. The van der Waals surface area contributed by atoms with Crippen molar-refractivity contribution in [1.82, 2.24) is 4.90 Å². The summed E-state index contributed by atoms with van der Waals surface area (Å²) in [6.45, 7) is 5.36. The maximum Gasteiger partial charge on any atom is 0.179 e. The van der Waals surface area contributed by atoms with Crippen molar-refractivity contribution in [1.29, 1.82) is 0 Å². The Balaban J connectivity index is 1.93. The van der Waals surface area contributed by atoms with E-state index in [2.05, 4.69) is 11.8 Å². The van der Waals surface area contributed by atoms with E-state index in [9.17, 15) is 8.42 Å². The molecule has 5 heteroatoms. The van der Waals surface area contributed by atoms with Gasteiger partial charge in [-0.3, -0.25) is 0 Å². The summed E-state index contributed by atoms with van der Waals surface area (Å²) in [5.41, 5.74) is 6.47. The molecular weight excluding hydrogens is 272 g/mol. The molecule has 1 saturated heterocycles. The molecule has 0 saturated carbocycles. The maximum atomic E-state index is 12.3. The van der Waals surface area contributed by atoms with E-state index in [0.29, 0.717) is 18.0 Å². The molecule has 0 spiro atoms. The Labute approximate surface area is 121 Å². The number of hydrogen-bond acceptors (Lipinski definition) is 4. The van der Waals surface area contributed by atoms with E-state index in [4.69, 9.17) is 5.73 Å². The molecule has 0 aliphatic carbocycles. The molecule has 2 rings (SSSR count). The second-order valence-electron chi connectivity index (χ2n) is 5.69. The van der Waals surface area contributed by atoms with Gasteiger partial charge in [-0.15, -0.1) is 0 Å². The van der Waals surface area contributed by atoms with E-state index in [1.165, 1.54) is 12.8 Å².